The van der Waals surface area contributed by atoms with Crippen molar-refractivity contribution in [2.45, 2.75) is 44.6 Å². The van der Waals surface area contributed by atoms with E-state index in [-0.39, 0.29) is 23.6 Å². The Labute approximate surface area is 181 Å². The van der Waals surface area contributed by atoms with E-state index in [1.165, 1.54) is 38.4 Å². The monoisotopic (exact) mass is 428 g/mol. The molecule has 2 aromatic rings. The van der Waals surface area contributed by atoms with Crippen molar-refractivity contribution in [3.8, 4) is 11.5 Å². The number of carbonyl (C=O) groups excluding carboxylic acids is 2. The minimum atomic E-state index is -0.380. The summed E-state index contributed by atoms with van der Waals surface area (Å²) in [4.78, 5) is 26.8. The maximum absolute atomic E-state index is 13.0. The van der Waals surface area contributed by atoms with Crippen LogP contribution in [0.3, 0.4) is 0 Å². The number of thiophene rings is 1. The van der Waals surface area contributed by atoms with Crippen LogP contribution in [0.15, 0.2) is 41.4 Å². The zero-order chi connectivity index (χ0) is 21.3. The van der Waals surface area contributed by atoms with Crippen molar-refractivity contribution in [2.75, 3.05) is 14.2 Å². The lowest BCUT2D eigenvalue weighted by Crippen LogP contribution is -2.40. The van der Waals surface area contributed by atoms with Gasteiger partial charge in [0, 0.05) is 16.5 Å². The van der Waals surface area contributed by atoms with Crippen molar-refractivity contribution in [3.63, 3.8) is 0 Å². The van der Waals surface area contributed by atoms with Gasteiger partial charge in [-0.2, -0.15) is 0 Å². The predicted octanol–water partition coefficient (Wildman–Crippen LogP) is 4.38. The molecule has 1 aromatic carbocycles. The summed E-state index contributed by atoms with van der Waals surface area (Å²) in [6, 6.07) is 8.87. The second-order valence-corrected chi connectivity index (χ2v) is 8.24. The molecule has 1 fully saturated rings. The standard InChI is InChI=1S/C23H28N2O4S/c1-28-20-12-11-16(14-21(20)29-2)22(26)25-19(15-18-10-7-13-30-18)23(27)24-17-8-5-3-4-6-9-17/h7,10-15,17H,3-6,8-9H2,1-2H3,(H,24,27)(H,25,26)/b19-15-. The molecule has 1 aliphatic rings. The molecule has 0 saturated heterocycles. The molecule has 1 aliphatic carbocycles. The molecule has 0 unspecified atom stereocenters. The lowest BCUT2D eigenvalue weighted by molar-refractivity contribution is -0.118. The van der Waals surface area contributed by atoms with Crippen LogP contribution in [-0.2, 0) is 4.79 Å². The SMILES string of the molecule is COc1ccc(C(=O)N/C(=C\c2cccs2)C(=O)NC2CCCCCC2)cc1OC. The Balaban J connectivity index is 1.78. The average Bonchev–Trinajstić information content (AvgIpc) is 3.14. The molecule has 1 aromatic heterocycles. The van der Waals surface area contributed by atoms with Crippen molar-refractivity contribution in [2.24, 2.45) is 0 Å². The molecule has 0 bridgehead atoms. The van der Waals surface area contributed by atoms with Gasteiger partial charge in [0.25, 0.3) is 11.8 Å². The third kappa shape index (κ3) is 5.86. The first kappa shape index (κ1) is 21.9. The van der Waals surface area contributed by atoms with E-state index >= 15 is 0 Å². The number of amides is 2. The number of methoxy groups -OCH3 is 2. The summed E-state index contributed by atoms with van der Waals surface area (Å²) < 4.78 is 10.5. The Morgan fingerprint density at radius 2 is 1.77 bits per heavy atom. The van der Waals surface area contributed by atoms with Gasteiger partial charge in [0.15, 0.2) is 11.5 Å². The van der Waals surface area contributed by atoms with E-state index in [1.807, 2.05) is 17.5 Å². The van der Waals surface area contributed by atoms with Crippen LogP contribution < -0.4 is 20.1 Å². The Morgan fingerprint density at radius 3 is 2.40 bits per heavy atom. The molecule has 0 aliphatic heterocycles. The predicted molar refractivity (Wildman–Crippen MR) is 119 cm³/mol. The lowest BCUT2D eigenvalue weighted by atomic mass is 10.1. The fraction of sp³-hybridized carbons (Fsp3) is 0.391. The van der Waals surface area contributed by atoms with Gasteiger partial charge in [0.2, 0.25) is 0 Å². The number of carbonyl (C=O) groups is 2. The van der Waals surface area contributed by atoms with Crippen LogP contribution in [0.4, 0.5) is 0 Å². The van der Waals surface area contributed by atoms with Crippen LogP contribution in [0.25, 0.3) is 6.08 Å². The highest BCUT2D eigenvalue weighted by Crippen LogP contribution is 2.27. The summed E-state index contributed by atoms with van der Waals surface area (Å²) in [5, 5.41) is 7.83. The summed E-state index contributed by atoms with van der Waals surface area (Å²) in [6.45, 7) is 0. The third-order valence-electron chi connectivity index (χ3n) is 5.16. The molecule has 6 nitrogen and oxygen atoms in total. The molecule has 160 valence electrons. The van der Waals surface area contributed by atoms with Gasteiger partial charge in [-0.25, -0.2) is 0 Å². The van der Waals surface area contributed by atoms with E-state index < -0.39 is 0 Å². The van der Waals surface area contributed by atoms with Crippen molar-refractivity contribution in [3.05, 3.63) is 51.8 Å². The van der Waals surface area contributed by atoms with Crippen molar-refractivity contribution >= 4 is 29.2 Å². The molecule has 30 heavy (non-hydrogen) atoms. The van der Waals surface area contributed by atoms with Gasteiger partial charge in [-0.3, -0.25) is 9.59 Å². The summed E-state index contributed by atoms with van der Waals surface area (Å²) >= 11 is 1.51. The van der Waals surface area contributed by atoms with E-state index in [0.29, 0.717) is 17.1 Å². The minimum Gasteiger partial charge on any atom is -0.493 e. The molecule has 0 atom stereocenters. The highest BCUT2D eigenvalue weighted by atomic mass is 32.1. The van der Waals surface area contributed by atoms with E-state index in [9.17, 15) is 9.59 Å². The first-order valence-corrected chi connectivity index (χ1v) is 11.1. The van der Waals surface area contributed by atoms with E-state index in [4.69, 9.17) is 9.47 Å². The average molecular weight is 429 g/mol. The fourth-order valence-electron chi connectivity index (χ4n) is 3.53. The molecule has 0 radical (unpaired) electrons. The number of benzene rings is 1. The Kier molecular flexibility index (Phi) is 7.90. The van der Waals surface area contributed by atoms with Gasteiger partial charge in [-0.1, -0.05) is 31.7 Å². The molecule has 0 spiro atoms. The van der Waals surface area contributed by atoms with Crippen molar-refractivity contribution in [1.29, 1.82) is 0 Å². The largest absolute Gasteiger partial charge is 0.493 e. The maximum Gasteiger partial charge on any atom is 0.268 e. The highest BCUT2D eigenvalue weighted by Gasteiger charge is 2.20. The highest BCUT2D eigenvalue weighted by molar-refractivity contribution is 7.10. The van der Waals surface area contributed by atoms with Crippen molar-refractivity contribution < 1.29 is 19.1 Å². The number of rotatable bonds is 7. The first-order valence-electron chi connectivity index (χ1n) is 10.2. The zero-order valence-electron chi connectivity index (χ0n) is 17.4. The van der Waals surface area contributed by atoms with Gasteiger partial charge in [-0.05, 0) is 48.6 Å². The Bertz CT molecular complexity index is 885. The maximum atomic E-state index is 13.0. The molecule has 7 heteroatoms. The van der Waals surface area contributed by atoms with Gasteiger partial charge in [0.05, 0.1) is 14.2 Å². The topological polar surface area (TPSA) is 76.7 Å². The molecule has 1 saturated carbocycles. The molecular formula is C23H28N2O4S. The second kappa shape index (κ2) is 10.8. The van der Waals surface area contributed by atoms with Crippen LogP contribution in [0.5, 0.6) is 11.5 Å². The van der Waals surface area contributed by atoms with Crippen LogP contribution in [0, 0.1) is 0 Å². The smallest absolute Gasteiger partial charge is 0.268 e. The van der Waals surface area contributed by atoms with Crippen LogP contribution >= 0.6 is 11.3 Å². The van der Waals surface area contributed by atoms with Gasteiger partial charge < -0.3 is 20.1 Å². The van der Waals surface area contributed by atoms with Crippen molar-refractivity contribution in [1.82, 2.24) is 10.6 Å². The van der Waals surface area contributed by atoms with E-state index in [1.54, 1.807) is 24.3 Å². The third-order valence-corrected chi connectivity index (χ3v) is 5.98. The number of nitrogens with one attached hydrogen (secondary N) is 2. The summed E-state index contributed by atoms with van der Waals surface area (Å²) in [5.41, 5.74) is 0.619. The van der Waals surface area contributed by atoms with Crippen LogP contribution in [0.2, 0.25) is 0 Å². The van der Waals surface area contributed by atoms with Gasteiger partial charge in [-0.15, -0.1) is 11.3 Å². The summed E-state index contributed by atoms with van der Waals surface area (Å²) in [7, 11) is 3.05. The molecule has 3 rings (SSSR count). The quantitative estimate of drug-likeness (QED) is 0.507. The van der Waals surface area contributed by atoms with Crippen LogP contribution in [-0.4, -0.2) is 32.1 Å². The molecule has 2 N–H and O–H groups in total. The number of ether oxygens (including phenoxy) is 2. The number of hydrogen-bond acceptors (Lipinski definition) is 5. The Hall–Kier alpha value is -2.80. The number of hydrogen-bond donors (Lipinski definition) is 2. The summed E-state index contributed by atoms with van der Waals surface area (Å²) in [6.07, 6.45) is 8.32. The Morgan fingerprint density at radius 1 is 1.03 bits per heavy atom. The van der Waals surface area contributed by atoms with Gasteiger partial charge >= 0.3 is 0 Å². The first-order chi connectivity index (χ1) is 14.6. The van der Waals surface area contributed by atoms with E-state index in [2.05, 4.69) is 10.6 Å². The lowest BCUT2D eigenvalue weighted by Gasteiger charge is -2.18. The summed E-state index contributed by atoms with van der Waals surface area (Å²) in [5.74, 6) is 0.352. The second-order valence-electron chi connectivity index (χ2n) is 7.26. The molecular weight excluding hydrogens is 400 g/mol. The van der Waals surface area contributed by atoms with E-state index in [0.717, 1.165) is 30.6 Å². The normalized spacial score (nSPS) is 15.2. The minimum absolute atomic E-state index is 0.143. The molecule has 1 heterocycles. The fourth-order valence-corrected chi connectivity index (χ4v) is 4.19. The van der Waals surface area contributed by atoms with Crippen LogP contribution in [0.1, 0.15) is 53.8 Å². The van der Waals surface area contributed by atoms with Gasteiger partial charge in [0.1, 0.15) is 5.70 Å². The molecule has 2 amide bonds. The zero-order valence-corrected chi connectivity index (χ0v) is 18.2.